The van der Waals surface area contributed by atoms with Crippen LogP contribution in [0.2, 0.25) is 0 Å². The number of halogens is 1. The summed E-state index contributed by atoms with van der Waals surface area (Å²) in [6.07, 6.45) is 2.16. The number of nitrogens with zero attached hydrogens (tertiary/aromatic N) is 1. The van der Waals surface area contributed by atoms with E-state index in [1.807, 2.05) is 0 Å². The third-order valence-electron chi connectivity index (χ3n) is 2.83. The molecule has 16 heavy (non-hydrogen) atoms. The molecule has 1 aliphatic heterocycles. The van der Waals surface area contributed by atoms with Crippen LogP contribution in [0.15, 0.2) is 18.2 Å². The lowest BCUT2D eigenvalue weighted by atomic mass is 10.1. The third kappa shape index (κ3) is 2.64. The number of hydrogen-bond acceptors (Lipinski definition) is 3. The second kappa shape index (κ2) is 4.70. The summed E-state index contributed by atoms with van der Waals surface area (Å²) in [7, 11) is 2.05. The Labute approximate surface area is 95.0 Å². The minimum Gasteiger partial charge on any atom is -0.486 e. The molecule has 1 heterocycles. The fourth-order valence-electron chi connectivity index (χ4n) is 2.01. The number of nitrogens with two attached hydrogens (primary N) is 1. The summed E-state index contributed by atoms with van der Waals surface area (Å²) in [5.74, 6) is -0.0808. The number of anilines is 1. The zero-order chi connectivity index (χ0) is 11.5. The number of hydrogen-bond donors (Lipinski definition) is 1. The summed E-state index contributed by atoms with van der Waals surface area (Å²) < 4.78 is 19.1. The van der Waals surface area contributed by atoms with Gasteiger partial charge in [-0.05, 0) is 38.6 Å². The molecular weight excluding hydrogens is 207 g/mol. The van der Waals surface area contributed by atoms with Crippen molar-refractivity contribution in [2.45, 2.75) is 18.9 Å². The molecule has 0 spiro atoms. The van der Waals surface area contributed by atoms with Crippen molar-refractivity contribution < 1.29 is 9.13 Å². The van der Waals surface area contributed by atoms with Crippen molar-refractivity contribution in [3.63, 3.8) is 0 Å². The van der Waals surface area contributed by atoms with Gasteiger partial charge in [-0.1, -0.05) is 0 Å². The first-order valence-corrected chi connectivity index (χ1v) is 5.55. The molecule has 2 N–H and O–H groups in total. The Bertz CT molecular complexity index is 370. The van der Waals surface area contributed by atoms with Gasteiger partial charge >= 0.3 is 0 Å². The molecule has 1 atom stereocenters. The van der Waals surface area contributed by atoms with Gasteiger partial charge in [-0.2, -0.15) is 0 Å². The van der Waals surface area contributed by atoms with Gasteiger partial charge in [0.15, 0.2) is 11.6 Å². The Morgan fingerprint density at radius 2 is 2.31 bits per heavy atom. The Balaban J connectivity index is 2.02. The second-order valence-corrected chi connectivity index (χ2v) is 4.33. The van der Waals surface area contributed by atoms with Gasteiger partial charge in [-0.15, -0.1) is 0 Å². The van der Waals surface area contributed by atoms with Crippen molar-refractivity contribution in [2.75, 3.05) is 25.9 Å². The molecule has 1 aliphatic rings. The number of rotatable bonds is 2. The van der Waals surface area contributed by atoms with Gasteiger partial charge in [-0.25, -0.2) is 4.39 Å². The molecule has 1 aromatic rings. The van der Waals surface area contributed by atoms with E-state index in [1.54, 1.807) is 12.1 Å². The van der Waals surface area contributed by atoms with Crippen LogP contribution >= 0.6 is 0 Å². The Kier molecular flexibility index (Phi) is 3.29. The largest absolute Gasteiger partial charge is 0.486 e. The molecule has 0 saturated carbocycles. The highest BCUT2D eigenvalue weighted by Gasteiger charge is 2.19. The summed E-state index contributed by atoms with van der Waals surface area (Å²) in [5, 5.41) is 0. The van der Waals surface area contributed by atoms with E-state index in [0.29, 0.717) is 11.4 Å². The normalized spacial score (nSPS) is 22.0. The van der Waals surface area contributed by atoms with E-state index in [0.717, 1.165) is 25.9 Å². The van der Waals surface area contributed by atoms with Crippen molar-refractivity contribution >= 4 is 5.69 Å². The van der Waals surface area contributed by atoms with Crippen molar-refractivity contribution in [1.82, 2.24) is 4.90 Å². The van der Waals surface area contributed by atoms with Crippen LogP contribution in [-0.4, -0.2) is 31.1 Å². The van der Waals surface area contributed by atoms with Crippen LogP contribution in [0.25, 0.3) is 0 Å². The molecule has 4 heteroatoms. The Morgan fingerprint density at radius 3 is 3.00 bits per heavy atom. The fourth-order valence-corrected chi connectivity index (χ4v) is 2.01. The van der Waals surface area contributed by atoms with E-state index < -0.39 is 0 Å². The van der Waals surface area contributed by atoms with Crippen LogP contribution in [0.4, 0.5) is 10.1 Å². The summed E-state index contributed by atoms with van der Waals surface area (Å²) in [5.41, 5.74) is 5.90. The fraction of sp³-hybridized carbons (Fsp3) is 0.500. The summed E-state index contributed by atoms with van der Waals surface area (Å²) in [6.45, 7) is 1.94. The first kappa shape index (κ1) is 11.2. The van der Waals surface area contributed by atoms with Crippen LogP contribution in [0, 0.1) is 5.82 Å². The zero-order valence-electron chi connectivity index (χ0n) is 9.45. The molecule has 0 amide bonds. The molecule has 1 saturated heterocycles. The molecule has 0 radical (unpaired) electrons. The zero-order valence-corrected chi connectivity index (χ0v) is 9.45. The average Bonchev–Trinajstić information content (AvgIpc) is 2.22. The van der Waals surface area contributed by atoms with Crippen LogP contribution < -0.4 is 10.5 Å². The predicted molar refractivity (Wildman–Crippen MR) is 62.0 cm³/mol. The maximum absolute atomic E-state index is 13.5. The molecule has 1 aromatic carbocycles. The van der Waals surface area contributed by atoms with E-state index in [-0.39, 0.29) is 11.9 Å². The highest BCUT2D eigenvalue weighted by Crippen LogP contribution is 2.23. The predicted octanol–water partition coefficient (Wildman–Crippen LogP) is 1.88. The highest BCUT2D eigenvalue weighted by molar-refractivity contribution is 5.42. The van der Waals surface area contributed by atoms with Gasteiger partial charge in [0.1, 0.15) is 6.10 Å². The minimum absolute atomic E-state index is 0.0804. The first-order chi connectivity index (χ1) is 7.65. The molecule has 1 unspecified atom stereocenters. The number of piperidine rings is 1. The van der Waals surface area contributed by atoms with E-state index >= 15 is 0 Å². The highest BCUT2D eigenvalue weighted by atomic mass is 19.1. The van der Waals surface area contributed by atoms with Crippen molar-refractivity contribution in [2.24, 2.45) is 0 Å². The SMILES string of the molecule is CN1CCCC(Oc2ccc(N)cc2F)C1. The van der Waals surface area contributed by atoms with Gasteiger partial charge in [0.25, 0.3) is 0 Å². The number of nitrogen functional groups attached to an aromatic ring is 1. The standard InChI is InChI=1S/C12H17FN2O/c1-15-6-2-3-10(8-15)16-12-5-4-9(14)7-11(12)13/h4-5,7,10H,2-3,6,8,14H2,1H3. The van der Waals surface area contributed by atoms with Crippen LogP contribution in [0.5, 0.6) is 5.75 Å². The number of ether oxygens (including phenoxy) is 1. The maximum Gasteiger partial charge on any atom is 0.167 e. The molecule has 0 aromatic heterocycles. The summed E-state index contributed by atoms with van der Waals surface area (Å²) in [6, 6.07) is 4.55. The lowest BCUT2D eigenvalue weighted by Crippen LogP contribution is -2.38. The molecule has 1 fully saturated rings. The maximum atomic E-state index is 13.5. The second-order valence-electron chi connectivity index (χ2n) is 4.33. The van der Waals surface area contributed by atoms with Gasteiger partial charge in [0.2, 0.25) is 0 Å². The number of benzene rings is 1. The molecule has 0 bridgehead atoms. The number of likely N-dealkylation sites (N-methyl/N-ethyl adjacent to an activating group) is 1. The summed E-state index contributed by atoms with van der Waals surface area (Å²) in [4.78, 5) is 2.20. The van der Waals surface area contributed by atoms with Gasteiger partial charge in [0, 0.05) is 18.3 Å². The summed E-state index contributed by atoms with van der Waals surface area (Å²) >= 11 is 0. The average molecular weight is 224 g/mol. The van der Waals surface area contributed by atoms with Gasteiger partial charge < -0.3 is 15.4 Å². The smallest absolute Gasteiger partial charge is 0.167 e. The molecular formula is C12H17FN2O. The molecule has 88 valence electrons. The minimum atomic E-state index is -0.381. The van der Waals surface area contributed by atoms with Crippen LogP contribution in [0.3, 0.4) is 0 Å². The Hall–Kier alpha value is -1.29. The van der Waals surface area contributed by atoms with E-state index in [9.17, 15) is 4.39 Å². The van der Waals surface area contributed by atoms with Crippen molar-refractivity contribution in [3.05, 3.63) is 24.0 Å². The van der Waals surface area contributed by atoms with Crippen LogP contribution in [0.1, 0.15) is 12.8 Å². The Morgan fingerprint density at radius 1 is 1.50 bits per heavy atom. The van der Waals surface area contributed by atoms with E-state index in [2.05, 4.69) is 11.9 Å². The van der Waals surface area contributed by atoms with E-state index in [4.69, 9.17) is 10.5 Å². The molecule has 2 rings (SSSR count). The van der Waals surface area contributed by atoms with Crippen molar-refractivity contribution in [3.8, 4) is 5.75 Å². The number of likely N-dealkylation sites (tertiary alicyclic amines) is 1. The van der Waals surface area contributed by atoms with Gasteiger partial charge in [0.05, 0.1) is 0 Å². The van der Waals surface area contributed by atoms with E-state index in [1.165, 1.54) is 6.07 Å². The molecule has 3 nitrogen and oxygen atoms in total. The molecule has 0 aliphatic carbocycles. The van der Waals surface area contributed by atoms with Crippen LogP contribution in [-0.2, 0) is 0 Å². The first-order valence-electron chi connectivity index (χ1n) is 5.55. The topological polar surface area (TPSA) is 38.5 Å². The monoisotopic (exact) mass is 224 g/mol. The van der Waals surface area contributed by atoms with Gasteiger partial charge in [-0.3, -0.25) is 0 Å². The third-order valence-corrected chi connectivity index (χ3v) is 2.83. The quantitative estimate of drug-likeness (QED) is 0.779. The van der Waals surface area contributed by atoms with Crippen molar-refractivity contribution in [1.29, 1.82) is 0 Å². The lowest BCUT2D eigenvalue weighted by Gasteiger charge is -2.30. The lowest BCUT2D eigenvalue weighted by molar-refractivity contribution is 0.100.